The maximum absolute atomic E-state index is 13.8. The number of hydrogen-bond acceptors (Lipinski definition) is 2. The number of anilines is 1. The zero-order chi connectivity index (χ0) is 15.2. The fraction of sp³-hybridized carbons (Fsp3) is 0.0625. The van der Waals surface area contributed by atoms with Crippen LogP contribution in [0.4, 0.5) is 10.1 Å². The van der Waals surface area contributed by atoms with E-state index < -0.39 is 5.82 Å². The minimum Gasteiger partial charge on any atom is -0.322 e. The minimum absolute atomic E-state index is 0.161. The molecular formula is C16H12ClFN2O. The third kappa shape index (κ3) is 4.06. The van der Waals surface area contributed by atoms with Gasteiger partial charge in [-0.15, -0.1) is 0 Å². The second-order valence-corrected chi connectivity index (χ2v) is 4.60. The molecule has 3 N–H and O–H groups in total. The molecular weight excluding hydrogens is 291 g/mol. The molecule has 0 radical (unpaired) electrons. The number of rotatable bonds is 2. The van der Waals surface area contributed by atoms with Crippen LogP contribution in [-0.4, -0.2) is 12.5 Å². The molecule has 21 heavy (non-hydrogen) atoms. The number of nitrogens with two attached hydrogens (primary N) is 1. The Labute approximate surface area is 126 Å². The van der Waals surface area contributed by atoms with Crippen LogP contribution >= 0.6 is 11.6 Å². The van der Waals surface area contributed by atoms with E-state index in [4.69, 9.17) is 17.3 Å². The molecule has 2 aromatic rings. The van der Waals surface area contributed by atoms with Crippen LogP contribution in [-0.2, 0) is 0 Å². The number of carbonyl (C=O) groups excluding carboxylic acids is 1. The van der Waals surface area contributed by atoms with Crippen molar-refractivity contribution < 1.29 is 9.18 Å². The Morgan fingerprint density at radius 2 is 1.95 bits per heavy atom. The lowest BCUT2D eigenvalue weighted by molar-refractivity contribution is 0.102. The highest BCUT2D eigenvalue weighted by molar-refractivity contribution is 6.30. The van der Waals surface area contributed by atoms with E-state index in [1.54, 1.807) is 30.3 Å². The molecule has 0 atom stereocenters. The Bertz CT molecular complexity index is 717. The summed E-state index contributed by atoms with van der Waals surface area (Å²) in [6.07, 6.45) is 0. The Morgan fingerprint density at radius 3 is 2.57 bits per heavy atom. The van der Waals surface area contributed by atoms with E-state index >= 15 is 0 Å². The molecule has 5 heteroatoms. The van der Waals surface area contributed by atoms with Crippen molar-refractivity contribution in [2.75, 3.05) is 11.9 Å². The number of nitrogens with one attached hydrogen (secondary N) is 1. The van der Waals surface area contributed by atoms with Crippen LogP contribution < -0.4 is 11.1 Å². The fourth-order valence-corrected chi connectivity index (χ4v) is 1.77. The van der Waals surface area contributed by atoms with Crippen molar-refractivity contribution >= 4 is 23.2 Å². The van der Waals surface area contributed by atoms with E-state index in [0.717, 1.165) is 0 Å². The second-order valence-electron chi connectivity index (χ2n) is 4.16. The summed E-state index contributed by atoms with van der Waals surface area (Å²) in [7, 11) is 0. The number of benzene rings is 2. The van der Waals surface area contributed by atoms with Crippen LogP contribution in [0, 0.1) is 17.7 Å². The van der Waals surface area contributed by atoms with E-state index in [1.807, 2.05) is 0 Å². The van der Waals surface area contributed by atoms with Crippen molar-refractivity contribution in [3.63, 3.8) is 0 Å². The van der Waals surface area contributed by atoms with E-state index in [-0.39, 0.29) is 18.0 Å². The molecule has 2 rings (SSSR count). The molecule has 0 saturated heterocycles. The quantitative estimate of drug-likeness (QED) is 0.838. The molecule has 0 saturated carbocycles. The summed E-state index contributed by atoms with van der Waals surface area (Å²) in [5, 5.41) is 3.15. The van der Waals surface area contributed by atoms with Gasteiger partial charge in [-0.2, -0.15) is 0 Å². The zero-order valence-electron chi connectivity index (χ0n) is 11.0. The summed E-state index contributed by atoms with van der Waals surface area (Å²) in [5.41, 5.74) is 6.26. The molecule has 0 spiro atoms. The molecule has 0 aliphatic carbocycles. The van der Waals surface area contributed by atoms with Crippen LogP contribution in [0.3, 0.4) is 0 Å². The van der Waals surface area contributed by atoms with Gasteiger partial charge in [0.15, 0.2) is 0 Å². The Morgan fingerprint density at radius 1 is 1.24 bits per heavy atom. The zero-order valence-corrected chi connectivity index (χ0v) is 11.7. The van der Waals surface area contributed by atoms with Gasteiger partial charge in [-0.3, -0.25) is 4.79 Å². The Hall–Kier alpha value is -2.35. The third-order valence-corrected chi connectivity index (χ3v) is 2.91. The third-order valence-electron chi connectivity index (χ3n) is 2.66. The van der Waals surface area contributed by atoms with Crippen molar-refractivity contribution in [1.82, 2.24) is 0 Å². The first-order chi connectivity index (χ1) is 10.1. The number of amides is 1. The number of carbonyl (C=O) groups is 1. The smallest absolute Gasteiger partial charge is 0.255 e. The van der Waals surface area contributed by atoms with Crippen molar-refractivity contribution in [3.05, 3.63) is 64.4 Å². The largest absolute Gasteiger partial charge is 0.322 e. The summed E-state index contributed by atoms with van der Waals surface area (Å²) >= 11 is 5.75. The maximum atomic E-state index is 13.8. The molecule has 0 heterocycles. The normalized spacial score (nSPS) is 9.67. The first kappa shape index (κ1) is 15.0. The first-order valence-electron chi connectivity index (χ1n) is 6.15. The molecule has 0 aliphatic heterocycles. The fourth-order valence-electron chi connectivity index (χ4n) is 1.65. The molecule has 0 aromatic heterocycles. The van der Waals surface area contributed by atoms with Gasteiger partial charge in [0, 0.05) is 16.3 Å². The first-order valence-corrected chi connectivity index (χ1v) is 6.53. The Balaban J connectivity index is 2.14. The van der Waals surface area contributed by atoms with Crippen LogP contribution in [0.25, 0.3) is 0 Å². The monoisotopic (exact) mass is 302 g/mol. The molecule has 0 aliphatic rings. The predicted molar refractivity (Wildman–Crippen MR) is 81.7 cm³/mol. The van der Waals surface area contributed by atoms with Gasteiger partial charge < -0.3 is 11.1 Å². The number of halogens is 2. The summed E-state index contributed by atoms with van der Waals surface area (Å²) < 4.78 is 13.8. The van der Waals surface area contributed by atoms with E-state index in [1.165, 1.54) is 12.1 Å². The summed E-state index contributed by atoms with van der Waals surface area (Å²) in [6, 6.07) is 10.7. The van der Waals surface area contributed by atoms with Crippen LogP contribution in [0.15, 0.2) is 42.5 Å². The maximum Gasteiger partial charge on any atom is 0.255 e. The summed E-state index contributed by atoms with van der Waals surface area (Å²) in [5.74, 6) is 4.34. The SMILES string of the molecule is NCC#Cc1ccc(NC(=O)c2ccc(Cl)cc2)cc1F. The average molecular weight is 303 g/mol. The van der Waals surface area contributed by atoms with Gasteiger partial charge in [-0.1, -0.05) is 23.4 Å². The molecule has 2 aromatic carbocycles. The second kappa shape index (κ2) is 6.89. The lowest BCUT2D eigenvalue weighted by atomic mass is 10.1. The van der Waals surface area contributed by atoms with E-state index in [9.17, 15) is 9.18 Å². The van der Waals surface area contributed by atoms with Crippen molar-refractivity contribution in [2.24, 2.45) is 5.73 Å². The van der Waals surface area contributed by atoms with Crippen molar-refractivity contribution in [3.8, 4) is 11.8 Å². The topological polar surface area (TPSA) is 55.1 Å². The van der Waals surface area contributed by atoms with Gasteiger partial charge in [-0.25, -0.2) is 4.39 Å². The molecule has 3 nitrogen and oxygen atoms in total. The average Bonchev–Trinajstić information content (AvgIpc) is 2.47. The van der Waals surface area contributed by atoms with Crippen molar-refractivity contribution in [2.45, 2.75) is 0 Å². The van der Waals surface area contributed by atoms with Gasteiger partial charge in [0.1, 0.15) is 5.82 Å². The van der Waals surface area contributed by atoms with Crippen LogP contribution in [0.2, 0.25) is 5.02 Å². The lowest BCUT2D eigenvalue weighted by Crippen LogP contribution is -2.11. The summed E-state index contributed by atoms with van der Waals surface area (Å²) in [6.45, 7) is 0.161. The van der Waals surface area contributed by atoms with E-state index in [0.29, 0.717) is 16.3 Å². The Kier molecular flexibility index (Phi) is 4.94. The molecule has 0 unspecified atom stereocenters. The van der Waals surface area contributed by atoms with Crippen LogP contribution in [0.5, 0.6) is 0 Å². The lowest BCUT2D eigenvalue weighted by Gasteiger charge is -2.06. The van der Waals surface area contributed by atoms with Crippen LogP contribution in [0.1, 0.15) is 15.9 Å². The van der Waals surface area contributed by atoms with Gasteiger partial charge in [0.25, 0.3) is 5.91 Å². The van der Waals surface area contributed by atoms with E-state index in [2.05, 4.69) is 17.2 Å². The highest BCUT2D eigenvalue weighted by Gasteiger charge is 2.07. The minimum atomic E-state index is -0.509. The van der Waals surface area contributed by atoms with Gasteiger partial charge >= 0.3 is 0 Å². The summed E-state index contributed by atoms with van der Waals surface area (Å²) in [4.78, 5) is 12.0. The highest BCUT2D eigenvalue weighted by atomic mass is 35.5. The van der Waals surface area contributed by atoms with Gasteiger partial charge in [0.2, 0.25) is 0 Å². The van der Waals surface area contributed by atoms with Gasteiger partial charge in [0.05, 0.1) is 12.1 Å². The molecule has 106 valence electrons. The number of hydrogen-bond donors (Lipinski definition) is 2. The molecule has 0 bridgehead atoms. The highest BCUT2D eigenvalue weighted by Crippen LogP contribution is 2.16. The van der Waals surface area contributed by atoms with Gasteiger partial charge in [-0.05, 0) is 42.5 Å². The van der Waals surface area contributed by atoms with Crippen molar-refractivity contribution in [1.29, 1.82) is 0 Å². The molecule has 1 amide bonds. The molecule has 0 fully saturated rings. The predicted octanol–water partition coefficient (Wildman–Crippen LogP) is 3.04. The standard InChI is InChI=1S/C16H12ClFN2O/c17-13-6-3-12(4-7-13)16(21)20-14-8-5-11(2-1-9-19)15(18)10-14/h3-8,10H,9,19H2,(H,20,21).